The van der Waals surface area contributed by atoms with Crippen LogP contribution in [0.15, 0.2) is 54.9 Å². The second-order valence-electron chi connectivity index (χ2n) is 6.48. The van der Waals surface area contributed by atoms with Crippen molar-refractivity contribution in [1.29, 1.82) is 0 Å². The topological polar surface area (TPSA) is 48.5 Å². The highest BCUT2D eigenvalue weighted by Gasteiger charge is 2.18. The van der Waals surface area contributed by atoms with Crippen LogP contribution in [0.4, 0.5) is 5.69 Å². The van der Waals surface area contributed by atoms with Crippen LogP contribution in [0.25, 0.3) is 0 Å². The maximum absolute atomic E-state index is 12.2. The summed E-state index contributed by atoms with van der Waals surface area (Å²) in [5.74, 6) is 0.106. The molecule has 25 heavy (non-hydrogen) atoms. The zero-order valence-electron chi connectivity index (χ0n) is 14.8. The van der Waals surface area contributed by atoms with Crippen LogP contribution in [-0.2, 0) is 4.79 Å². The average Bonchev–Trinajstić information content (AvgIpc) is 2.68. The number of rotatable bonds is 6. The van der Waals surface area contributed by atoms with Gasteiger partial charge in [-0.3, -0.25) is 14.7 Å². The van der Waals surface area contributed by atoms with Crippen molar-refractivity contribution in [3.8, 4) is 0 Å². The molecule has 2 aromatic rings. The van der Waals surface area contributed by atoms with E-state index in [1.165, 1.54) is 5.69 Å². The highest BCUT2D eigenvalue weighted by molar-refractivity contribution is 5.76. The molecule has 0 aliphatic carbocycles. The van der Waals surface area contributed by atoms with Gasteiger partial charge in [-0.2, -0.15) is 0 Å². The summed E-state index contributed by atoms with van der Waals surface area (Å²) in [7, 11) is 0. The molecule has 5 nitrogen and oxygen atoms in total. The molecule has 1 amide bonds. The number of nitrogens with one attached hydrogen (secondary N) is 1. The molecule has 1 aromatic heterocycles. The molecule has 2 heterocycles. The summed E-state index contributed by atoms with van der Waals surface area (Å²) in [5.41, 5.74) is 2.37. The minimum absolute atomic E-state index is 0.0189. The monoisotopic (exact) mass is 338 g/mol. The van der Waals surface area contributed by atoms with Gasteiger partial charge in [0.05, 0.1) is 6.04 Å². The molecular weight excluding hydrogens is 312 g/mol. The van der Waals surface area contributed by atoms with E-state index in [1.807, 2.05) is 25.1 Å². The van der Waals surface area contributed by atoms with Gasteiger partial charge in [0.25, 0.3) is 0 Å². The number of aromatic nitrogens is 1. The third-order valence-corrected chi connectivity index (χ3v) is 4.73. The zero-order valence-corrected chi connectivity index (χ0v) is 14.8. The predicted molar refractivity (Wildman–Crippen MR) is 101 cm³/mol. The first-order valence-corrected chi connectivity index (χ1v) is 8.94. The summed E-state index contributed by atoms with van der Waals surface area (Å²) in [6.07, 6.45) is 4.05. The summed E-state index contributed by atoms with van der Waals surface area (Å²) in [5, 5.41) is 3.07. The minimum Gasteiger partial charge on any atom is -0.369 e. The van der Waals surface area contributed by atoms with E-state index in [0.29, 0.717) is 6.42 Å². The number of para-hydroxylation sites is 1. The highest BCUT2D eigenvalue weighted by Crippen LogP contribution is 2.15. The molecule has 1 fully saturated rings. The van der Waals surface area contributed by atoms with Crippen LogP contribution in [0.3, 0.4) is 0 Å². The number of carbonyl (C=O) groups is 1. The molecule has 1 aromatic carbocycles. The van der Waals surface area contributed by atoms with Gasteiger partial charge in [0.2, 0.25) is 5.91 Å². The fourth-order valence-corrected chi connectivity index (χ4v) is 3.18. The Balaban J connectivity index is 1.39. The van der Waals surface area contributed by atoms with Gasteiger partial charge < -0.3 is 10.2 Å². The van der Waals surface area contributed by atoms with Gasteiger partial charge in [0, 0.05) is 57.2 Å². The van der Waals surface area contributed by atoms with Crippen molar-refractivity contribution in [2.45, 2.75) is 19.4 Å². The van der Waals surface area contributed by atoms with Crippen molar-refractivity contribution in [3.05, 3.63) is 60.4 Å². The van der Waals surface area contributed by atoms with E-state index in [-0.39, 0.29) is 11.9 Å². The van der Waals surface area contributed by atoms with Crippen LogP contribution in [-0.4, -0.2) is 48.5 Å². The van der Waals surface area contributed by atoms with Crippen molar-refractivity contribution >= 4 is 11.6 Å². The number of hydrogen-bond acceptors (Lipinski definition) is 4. The zero-order chi connectivity index (χ0) is 17.5. The van der Waals surface area contributed by atoms with Crippen LogP contribution < -0.4 is 10.2 Å². The lowest BCUT2D eigenvalue weighted by atomic mass is 10.1. The first-order valence-electron chi connectivity index (χ1n) is 8.94. The summed E-state index contributed by atoms with van der Waals surface area (Å²) >= 11 is 0. The van der Waals surface area contributed by atoms with E-state index in [2.05, 4.69) is 44.4 Å². The van der Waals surface area contributed by atoms with Gasteiger partial charge in [-0.15, -0.1) is 0 Å². The third kappa shape index (κ3) is 5.03. The molecule has 1 aliphatic rings. The van der Waals surface area contributed by atoms with Crippen LogP contribution in [0, 0.1) is 0 Å². The Morgan fingerprint density at radius 2 is 1.76 bits per heavy atom. The normalized spacial score (nSPS) is 16.4. The van der Waals surface area contributed by atoms with Crippen molar-refractivity contribution in [1.82, 2.24) is 15.2 Å². The number of pyridine rings is 1. The second-order valence-corrected chi connectivity index (χ2v) is 6.48. The van der Waals surface area contributed by atoms with Crippen molar-refractivity contribution in [2.24, 2.45) is 0 Å². The van der Waals surface area contributed by atoms with Gasteiger partial charge in [-0.1, -0.05) is 18.2 Å². The molecule has 132 valence electrons. The Hall–Kier alpha value is -2.40. The molecule has 1 aliphatic heterocycles. The number of benzene rings is 1. The maximum atomic E-state index is 12.2. The Kier molecular flexibility index (Phi) is 6.01. The maximum Gasteiger partial charge on any atom is 0.221 e. The molecule has 0 saturated carbocycles. The molecule has 5 heteroatoms. The number of piperazine rings is 1. The Morgan fingerprint density at radius 3 is 2.44 bits per heavy atom. The van der Waals surface area contributed by atoms with Crippen LogP contribution in [0.5, 0.6) is 0 Å². The van der Waals surface area contributed by atoms with Crippen molar-refractivity contribution < 1.29 is 4.79 Å². The van der Waals surface area contributed by atoms with E-state index in [0.717, 1.165) is 38.3 Å². The largest absolute Gasteiger partial charge is 0.369 e. The summed E-state index contributed by atoms with van der Waals surface area (Å²) in [6, 6.07) is 14.4. The lowest BCUT2D eigenvalue weighted by Gasteiger charge is -2.36. The Bertz CT molecular complexity index is 654. The molecule has 0 radical (unpaired) electrons. The van der Waals surface area contributed by atoms with Crippen LogP contribution in [0.1, 0.15) is 24.9 Å². The highest BCUT2D eigenvalue weighted by atomic mass is 16.1. The van der Waals surface area contributed by atoms with Gasteiger partial charge >= 0.3 is 0 Å². The summed E-state index contributed by atoms with van der Waals surface area (Å²) in [6.45, 7) is 6.85. The van der Waals surface area contributed by atoms with E-state index in [4.69, 9.17) is 0 Å². The third-order valence-electron chi connectivity index (χ3n) is 4.73. The number of amides is 1. The first kappa shape index (κ1) is 17.4. The lowest BCUT2D eigenvalue weighted by molar-refractivity contribution is -0.122. The van der Waals surface area contributed by atoms with Crippen molar-refractivity contribution in [2.75, 3.05) is 37.6 Å². The quantitative estimate of drug-likeness (QED) is 0.879. The standard InChI is InChI=1S/C20H26N4O/c1-17(18-7-10-21-11-8-18)22-20(25)9-12-23-13-15-24(16-14-23)19-5-3-2-4-6-19/h2-8,10-11,17H,9,12-16H2,1H3,(H,22,25). The average molecular weight is 338 g/mol. The molecule has 1 N–H and O–H groups in total. The molecule has 3 rings (SSSR count). The SMILES string of the molecule is CC(NC(=O)CCN1CCN(c2ccccc2)CC1)c1ccncc1. The predicted octanol–water partition coefficient (Wildman–Crippen LogP) is 2.47. The summed E-state index contributed by atoms with van der Waals surface area (Å²) < 4.78 is 0. The molecule has 1 saturated heterocycles. The first-order chi connectivity index (χ1) is 12.2. The molecule has 1 atom stereocenters. The Labute approximate surface area is 149 Å². The van der Waals surface area contributed by atoms with E-state index < -0.39 is 0 Å². The molecule has 0 spiro atoms. The molecule has 0 bridgehead atoms. The smallest absolute Gasteiger partial charge is 0.221 e. The number of hydrogen-bond donors (Lipinski definition) is 1. The summed E-state index contributed by atoms with van der Waals surface area (Å²) in [4.78, 5) is 21.0. The van der Waals surface area contributed by atoms with E-state index in [9.17, 15) is 4.79 Å². The molecule has 1 unspecified atom stereocenters. The van der Waals surface area contributed by atoms with Gasteiger partial charge in [-0.25, -0.2) is 0 Å². The van der Waals surface area contributed by atoms with Crippen molar-refractivity contribution in [3.63, 3.8) is 0 Å². The van der Waals surface area contributed by atoms with Crippen LogP contribution >= 0.6 is 0 Å². The van der Waals surface area contributed by atoms with E-state index >= 15 is 0 Å². The Morgan fingerprint density at radius 1 is 1.08 bits per heavy atom. The van der Waals surface area contributed by atoms with Gasteiger partial charge in [0.1, 0.15) is 0 Å². The van der Waals surface area contributed by atoms with Gasteiger partial charge in [0.15, 0.2) is 0 Å². The minimum atomic E-state index is 0.0189. The fraction of sp³-hybridized carbons (Fsp3) is 0.400. The number of nitrogens with zero attached hydrogens (tertiary/aromatic N) is 3. The second kappa shape index (κ2) is 8.62. The number of carbonyl (C=O) groups excluding carboxylic acids is 1. The van der Waals surface area contributed by atoms with E-state index in [1.54, 1.807) is 12.4 Å². The fourth-order valence-electron chi connectivity index (χ4n) is 3.18. The van der Waals surface area contributed by atoms with Crippen LogP contribution in [0.2, 0.25) is 0 Å². The lowest BCUT2D eigenvalue weighted by Crippen LogP contribution is -2.47. The van der Waals surface area contributed by atoms with Gasteiger partial charge in [-0.05, 0) is 36.8 Å². The molecular formula is C20H26N4O. The number of anilines is 1.